The number of carbonyl (C=O) groups is 1. The van der Waals surface area contributed by atoms with Gasteiger partial charge in [0.25, 0.3) is 5.91 Å². The molecule has 4 heteroatoms. The maximum absolute atomic E-state index is 11.8. The highest BCUT2D eigenvalue weighted by atomic mass is 16.5. The Kier molecular flexibility index (Phi) is 3.13. The van der Waals surface area contributed by atoms with E-state index in [1.807, 2.05) is 31.2 Å². The molecule has 0 saturated carbocycles. The van der Waals surface area contributed by atoms with Crippen molar-refractivity contribution in [1.29, 1.82) is 0 Å². The van der Waals surface area contributed by atoms with Gasteiger partial charge in [0.15, 0.2) is 0 Å². The molecule has 1 unspecified atom stereocenters. The second-order valence-corrected chi connectivity index (χ2v) is 4.04. The SMILES string of the molecule is CCC1C(=O)N(C)N=C1c1ccc(OC)cc1. The number of hydrogen-bond donors (Lipinski definition) is 0. The Bertz CT molecular complexity index is 451. The van der Waals surface area contributed by atoms with Crippen LogP contribution in [0.2, 0.25) is 0 Å². The van der Waals surface area contributed by atoms with Crippen molar-refractivity contribution in [3.05, 3.63) is 29.8 Å². The lowest BCUT2D eigenvalue weighted by Crippen LogP contribution is -2.24. The van der Waals surface area contributed by atoms with Crippen LogP contribution in [0.1, 0.15) is 18.9 Å². The van der Waals surface area contributed by atoms with E-state index >= 15 is 0 Å². The summed E-state index contributed by atoms with van der Waals surface area (Å²) in [5.41, 5.74) is 1.83. The number of hydrogen-bond acceptors (Lipinski definition) is 3. The van der Waals surface area contributed by atoms with Gasteiger partial charge >= 0.3 is 0 Å². The topological polar surface area (TPSA) is 41.9 Å². The minimum Gasteiger partial charge on any atom is -0.497 e. The molecule has 1 aliphatic heterocycles. The van der Waals surface area contributed by atoms with Crippen molar-refractivity contribution < 1.29 is 9.53 Å². The van der Waals surface area contributed by atoms with E-state index in [4.69, 9.17) is 4.74 Å². The maximum Gasteiger partial charge on any atom is 0.251 e. The zero-order valence-electron chi connectivity index (χ0n) is 10.3. The van der Waals surface area contributed by atoms with Crippen LogP contribution in [0, 0.1) is 5.92 Å². The molecular formula is C13H16N2O2. The van der Waals surface area contributed by atoms with E-state index < -0.39 is 0 Å². The number of hydrazone groups is 1. The quantitative estimate of drug-likeness (QED) is 0.798. The van der Waals surface area contributed by atoms with Crippen LogP contribution in [0.5, 0.6) is 5.75 Å². The van der Waals surface area contributed by atoms with E-state index in [1.54, 1.807) is 14.2 Å². The molecule has 4 nitrogen and oxygen atoms in total. The molecule has 0 fully saturated rings. The van der Waals surface area contributed by atoms with Crippen molar-refractivity contribution in [1.82, 2.24) is 5.01 Å². The van der Waals surface area contributed by atoms with Gasteiger partial charge in [0.1, 0.15) is 5.75 Å². The van der Waals surface area contributed by atoms with Crippen molar-refractivity contribution in [2.75, 3.05) is 14.2 Å². The van der Waals surface area contributed by atoms with Crippen molar-refractivity contribution in [3.63, 3.8) is 0 Å². The summed E-state index contributed by atoms with van der Waals surface area (Å²) in [6.45, 7) is 2.00. The number of carbonyl (C=O) groups excluding carboxylic acids is 1. The van der Waals surface area contributed by atoms with Crippen LogP contribution < -0.4 is 4.74 Å². The summed E-state index contributed by atoms with van der Waals surface area (Å²) >= 11 is 0. The van der Waals surface area contributed by atoms with Crippen LogP contribution in [0.15, 0.2) is 29.4 Å². The predicted molar refractivity (Wildman–Crippen MR) is 66.1 cm³/mol. The number of methoxy groups -OCH3 is 1. The molecule has 17 heavy (non-hydrogen) atoms. The minimum atomic E-state index is -0.117. The molecule has 1 amide bonds. The van der Waals surface area contributed by atoms with Gasteiger partial charge < -0.3 is 4.74 Å². The monoisotopic (exact) mass is 232 g/mol. The molecule has 0 saturated heterocycles. The van der Waals surface area contributed by atoms with Crippen molar-refractivity contribution in [3.8, 4) is 5.75 Å². The zero-order chi connectivity index (χ0) is 12.4. The molecule has 90 valence electrons. The van der Waals surface area contributed by atoms with E-state index in [9.17, 15) is 4.79 Å². The molecule has 0 N–H and O–H groups in total. The van der Waals surface area contributed by atoms with Gasteiger partial charge in [-0.2, -0.15) is 5.10 Å². The Balaban J connectivity index is 2.32. The largest absolute Gasteiger partial charge is 0.497 e. The number of rotatable bonds is 3. The van der Waals surface area contributed by atoms with Gasteiger partial charge in [-0.15, -0.1) is 0 Å². The van der Waals surface area contributed by atoms with Crippen molar-refractivity contribution >= 4 is 11.6 Å². The first kappa shape index (κ1) is 11.6. The van der Waals surface area contributed by atoms with Gasteiger partial charge in [-0.25, -0.2) is 5.01 Å². The van der Waals surface area contributed by atoms with Gasteiger partial charge in [0, 0.05) is 7.05 Å². The fraction of sp³-hybridized carbons (Fsp3) is 0.385. The van der Waals surface area contributed by atoms with Gasteiger partial charge in [0.05, 0.1) is 18.7 Å². The highest BCUT2D eigenvalue weighted by Crippen LogP contribution is 2.23. The summed E-state index contributed by atoms with van der Waals surface area (Å²) in [7, 11) is 3.33. The number of amides is 1. The summed E-state index contributed by atoms with van der Waals surface area (Å²) < 4.78 is 5.11. The van der Waals surface area contributed by atoms with Gasteiger partial charge in [0.2, 0.25) is 0 Å². The second-order valence-electron chi connectivity index (χ2n) is 4.04. The lowest BCUT2D eigenvalue weighted by atomic mass is 9.95. The highest BCUT2D eigenvalue weighted by Gasteiger charge is 2.32. The molecule has 1 aromatic carbocycles. The predicted octanol–water partition coefficient (Wildman–Crippen LogP) is 1.90. The van der Waals surface area contributed by atoms with Crippen LogP contribution in [0.4, 0.5) is 0 Å². The summed E-state index contributed by atoms with van der Waals surface area (Å²) in [6.07, 6.45) is 0.772. The lowest BCUT2D eigenvalue weighted by molar-refractivity contribution is -0.130. The Morgan fingerprint density at radius 1 is 1.35 bits per heavy atom. The molecule has 0 aliphatic carbocycles. The normalized spacial score (nSPS) is 19.5. The second kappa shape index (κ2) is 4.57. The molecule has 0 bridgehead atoms. The summed E-state index contributed by atoms with van der Waals surface area (Å²) in [5.74, 6) is 0.756. The van der Waals surface area contributed by atoms with Crippen LogP contribution in [-0.2, 0) is 4.79 Å². The van der Waals surface area contributed by atoms with Gasteiger partial charge in [-0.05, 0) is 36.2 Å². The van der Waals surface area contributed by atoms with E-state index in [0.717, 1.165) is 23.4 Å². The van der Waals surface area contributed by atoms with E-state index in [1.165, 1.54) is 5.01 Å². The fourth-order valence-corrected chi connectivity index (χ4v) is 2.01. The Hall–Kier alpha value is -1.84. The third-order valence-corrected chi connectivity index (χ3v) is 3.00. The third kappa shape index (κ3) is 2.02. The Morgan fingerprint density at radius 2 is 2.00 bits per heavy atom. The summed E-state index contributed by atoms with van der Waals surface area (Å²) in [6, 6.07) is 7.64. The number of nitrogens with zero attached hydrogens (tertiary/aromatic N) is 2. The standard InChI is InChI=1S/C13H16N2O2/c1-4-11-12(14-15(2)13(11)16)9-5-7-10(17-3)8-6-9/h5-8,11H,4H2,1-3H3. The average molecular weight is 232 g/mol. The number of benzene rings is 1. The molecule has 1 atom stereocenters. The van der Waals surface area contributed by atoms with Crippen LogP contribution in [0.3, 0.4) is 0 Å². The summed E-state index contributed by atoms with van der Waals surface area (Å²) in [5, 5.41) is 5.73. The fourth-order valence-electron chi connectivity index (χ4n) is 2.01. The Morgan fingerprint density at radius 3 is 2.53 bits per heavy atom. The average Bonchev–Trinajstić information content (AvgIpc) is 2.65. The first-order valence-electron chi connectivity index (χ1n) is 5.67. The minimum absolute atomic E-state index is 0.0679. The Labute approximate surface area is 101 Å². The van der Waals surface area contributed by atoms with Gasteiger partial charge in [-0.1, -0.05) is 6.92 Å². The first-order valence-corrected chi connectivity index (χ1v) is 5.67. The molecule has 0 spiro atoms. The number of ether oxygens (including phenoxy) is 1. The molecule has 1 aromatic rings. The third-order valence-electron chi connectivity index (χ3n) is 3.00. The maximum atomic E-state index is 11.8. The summed E-state index contributed by atoms with van der Waals surface area (Å²) in [4.78, 5) is 11.8. The highest BCUT2D eigenvalue weighted by molar-refractivity contribution is 6.16. The molecule has 0 radical (unpaired) electrons. The zero-order valence-corrected chi connectivity index (χ0v) is 10.3. The van der Waals surface area contributed by atoms with Gasteiger partial charge in [-0.3, -0.25) is 4.79 Å². The van der Waals surface area contributed by atoms with E-state index in [-0.39, 0.29) is 11.8 Å². The van der Waals surface area contributed by atoms with Crippen molar-refractivity contribution in [2.45, 2.75) is 13.3 Å². The van der Waals surface area contributed by atoms with Crippen LogP contribution in [0.25, 0.3) is 0 Å². The van der Waals surface area contributed by atoms with Crippen LogP contribution in [-0.4, -0.2) is 30.8 Å². The molecule has 2 rings (SSSR count). The van der Waals surface area contributed by atoms with Crippen LogP contribution >= 0.6 is 0 Å². The first-order chi connectivity index (χ1) is 8.17. The van der Waals surface area contributed by atoms with E-state index in [0.29, 0.717) is 0 Å². The van der Waals surface area contributed by atoms with Crippen molar-refractivity contribution in [2.24, 2.45) is 11.0 Å². The lowest BCUT2D eigenvalue weighted by Gasteiger charge is -2.08. The molecule has 1 heterocycles. The molecular weight excluding hydrogens is 216 g/mol. The smallest absolute Gasteiger partial charge is 0.251 e. The molecule has 0 aromatic heterocycles. The van der Waals surface area contributed by atoms with E-state index in [2.05, 4.69) is 5.10 Å². The molecule has 1 aliphatic rings.